The van der Waals surface area contributed by atoms with E-state index in [-0.39, 0.29) is 5.82 Å². The maximum Gasteiger partial charge on any atom is 0.126 e. The van der Waals surface area contributed by atoms with Crippen LogP contribution in [0.5, 0.6) is 5.75 Å². The molecule has 0 aliphatic carbocycles. The van der Waals surface area contributed by atoms with Gasteiger partial charge in [0.15, 0.2) is 0 Å². The van der Waals surface area contributed by atoms with Crippen molar-refractivity contribution in [3.8, 4) is 5.75 Å². The molecule has 0 radical (unpaired) electrons. The molecule has 1 aromatic heterocycles. The van der Waals surface area contributed by atoms with E-state index in [1.807, 2.05) is 6.92 Å². The number of benzene rings is 1. The number of hydrogen-bond acceptors (Lipinski definition) is 2. The van der Waals surface area contributed by atoms with Crippen molar-refractivity contribution < 1.29 is 9.13 Å². The van der Waals surface area contributed by atoms with Crippen LogP contribution in [-0.4, -0.2) is 4.98 Å². The van der Waals surface area contributed by atoms with Gasteiger partial charge in [0.1, 0.15) is 18.2 Å². The number of hydrogen-bond donors (Lipinski definition) is 0. The molecular formula is C13H11ClFNO. The van der Waals surface area contributed by atoms with E-state index in [0.29, 0.717) is 17.4 Å². The van der Waals surface area contributed by atoms with Crippen LogP contribution < -0.4 is 4.74 Å². The minimum absolute atomic E-state index is 0.297. The molecular weight excluding hydrogens is 241 g/mol. The fraction of sp³-hybridized carbons (Fsp3) is 0.154. The molecule has 2 aromatic rings. The van der Waals surface area contributed by atoms with Crippen molar-refractivity contribution in [2.75, 3.05) is 0 Å². The van der Waals surface area contributed by atoms with Crippen LogP contribution >= 0.6 is 11.6 Å². The molecule has 0 spiro atoms. The molecule has 0 amide bonds. The van der Waals surface area contributed by atoms with Crippen LogP contribution in [0.4, 0.5) is 4.39 Å². The first-order valence-corrected chi connectivity index (χ1v) is 5.52. The van der Waals surface area contributed by atoms with Crippen LogP contribution in [0.15, 0.2) is 36.7 Å². The van der Waals surface area contributed by atoms with Crippen LogP contribution in [-0.2, 0) is 6.61 Å². The summed E-state index contributed by atoms with van der Waals surface area (Å²) in [5, 5.41) is 0.543. The first-order valence-electron chi connectivity index (χ1n) is 5.14. The quantitative estimate of drug-likeness (QED) is 0.829. The van der Waals surface area contributed by atoms with Crippen LogP contribution in [0.25, 0.3) is 0 Å². The Kier molecular flexibility index (Phi) is 3.59. The van der Waals surface area contributed by atoms with Gasteiger partial charge in [0.05, 0.1) is 5.02 Å². The average molecular weight is 252 g/mol. The van der Waals surface area contributed by atoms with E-state index < -0.39 is 0 Å². The molecule has 0 N–H and O–H groups in total. The first-order chi connectivity index (χ1) is 8.16. The van der Waals surface area contributed by atoms with Gasteiger partial charge in [0, 0.05) is 24.0 Å². The lowest BCUT2D eigenvalue weighted by Crippen LogP contribution is -1.98. The van der Waals surface area contributed by atoms with Crippen LogP contribution in [0, 0.1) is 12.7 Å². The van der Waals surface area contributed by atoms with Crippen molar-refractivity contribution in [2.45, 2.75) is 13.5 Å². The standard InChI is InChI=1S/C13H11ClFNO/c1-9-2-3-11(15)6-13(9)17-8-10-4-5-16-7-12(10)14/h2-7H,8H2,1H3. The minimum atomic E-state index is -0.313. The fourth-order valence-electron chi connectivity index (χ4n) is 1.41. The molecule has 0 bridgehead atoms. The topological polar surface area (TPSA) is 22.1 Å². The molecule has 0 saturated carbocycles. The minimum Gasteiger partial charge on any atom is -0.488 e. The van der Waals surface area contributed by atoms with E-state index >= 15 is 0 Å². The third-order valence-corrected chi connectivity index (χ3v) is 2.73. The summed E-state index contributed by atoms with van der Waals surface area (Å²) in [7, 11) is 0. The summed E-state index contributed by atoms with van der Waals surface area (Å²) < 4.78 is 18.6. The Morgan fingerprint density at radius 3 is 2.94 bits per heavy atom. The summed E-state index contributed by atoms with van der Waals surface area (Å²) in [5.41, 5.74) is 1.71. The Balaban J connectivity index is 2.12. The monoisotopic (exact) mass is 251 g/mol. The zero-order valence-corrected chi connectivity index (χ0v) is 10.0. The molecule has 17 heavy (non-hydrogen) atoms. The lowest BCUT2D eigenvalue weighted by atomic mass is 10.2. The Hall–Kier alpha value is -1.61. The highest BCUT2D eigenvalue weighted by Gasteiger charge is 2.04. The molecule has 2 rings (SSSR count). The fourth-order valence-corrected chi connectivity index (χ4v) is 1.58. The van der Waals surface area contributed by atoms with E-state index in [1.54, 1.807) is 24.5 Å². The second-order valence-corrected chi connectivity index (χ2v) is 4.07. The molecule has 0 aliphatic heterocycles. The first kappa shape index (κ1) is 11.9. The third kappa shape index (κ3) is 2.94. The predicted octanol–water partition coefficient (Wildman–Crippen LogP) is 3.76. The lowest BCUT2D eigenvalue weighted by molar-refractivity contribution is 0.302. The summed E-state index contributed by atoms with van der Waals surface area (Å²) in [6.07, 6.45) is 3.20. The number of nitrogens with zero attached hydrogens (tertiary/aromatic N) is 1. The normalized spacial score (nSPS) is 10.3. The highest BCUT2D eigenvalue weighted by atomic mass is 35.5. The van der Waals surface area contributed by atoms with E-state index in [4.69, 9.17) is 16.3 Å². The number of pyridine rings is 1. The SMILES string of the molecule is Cc1ccc(F)cc1OCc1ccncc1Cl. The smallest absolute Gasteiger partial charge is 0.126 e. The molecule has 2 nitrogen and oxygen atoms in total. The molecule has 0 unspecified atom stereocenters. The Morgan fingerprint density at radius 2 is 2.18 bits per heavy atom. The van der Waals surface area contributed by atoms with E-state index in [9.17, 15) is 4.39 Å². The van der Waals surface area contributed by atoms with Gasteiger partial charge in [-0.3, -0.25) is 4.98 Å². The highest BCUT2D eigenvalue weighted by molar-refractivity contribution is 6.31. The van der Waals surface area contributed by atoms with Crippen LogP contribution in [0.3, 0.4) is 0 Å². The lowest BCUT2D eigenvalue weighted by Gasteiger charge is -2.09. The van der Waals surface area contributed by atoms with E-state index in [2.05, 4.69) is 4.98 Å². The van der Waals surface area contributed by atoms with Crippen molar-refractivity contribution in [2.24, 2.45) is 0 Å². The summed E-state index contributed by atoms with van der Waals surface area (Å²) >= 11 is 5.94. The predicted molar refractivity (Wildman–Crippen MR) is 64.7 cm³/mol. The zero-order valence-electron chi connectivity index (χ0n) is 9.28. The van der Waals surface area contributed by atoms with Crippen molar-refractivity contribution in [3.05, 3.63) is 58.6 Å². The summed E-state index contributed by atoms with van der Waals surface area (Å²) in [4.78, 5) is 3.88. The molecule has 4 heteroatoms. The molecule has 1 heterocycles. The van der Waals surface area contributed by atoms with Crippen molar-refractivity contribution in [1.29, 1.82) is 0 Å². The van der Waals surface area contributed by atoms with E-state index in [0.717, 1.165) is 11.1 Å². The van der Waals surface area contributed by atoms with Crippen molar-refractivity contribution in [3.63, 3.8) is 0 Å². The van der Waals surface area contributed by atoms with E-state index in [1.165, 1.54) is 12.1 Å². The molecule has 1 aromatic carbocycles. The Morgan fingerprint density at radius 1 is 1.35 bits per heavy atom. The van der Waals surface area contributed by atoms with Gasteiger partial charge in [-0.15, -0.1) is 0 Å². The number of ether oxygens (including phenoxy) is 1. The largest absolute Gasteiger partial charge is 0.488 e. The van der Waals surface area contributed by atoms with Gasteiger partial charge in [0.2, 0.25) is 0 Å². The molecule has 0 atom stereocenters. The van der Waals surface area contributed by atoms with Crippen molar-refractivity contribution in [1.82, 2.24) is 4.98 Å². The Labute approximate surface area is 104 Å². The van der Waals surface area contributed by atoms with Gasteiger partial charge in [0.25, 0.3) is 0 Å². The molecule has 0 saturated heterocycles. The summed E-state index contributed by atoms with van der Waals surface area (Å²) in [5.74, 6) is 0.212. The van der Waals surface area contributed by atoms with Gasteiger partial charge in [-0.1, -0.05) is 17.7 Å². The van der Waals surface area contributed by atoms with Crippen LogP contribution in [0.2, 0.25) is 5.02 Å². The molecule has 88 valence electrons. The molecule has 0 fully saturated rings. The maximum atomic E-state index is 13.0. The number of aromatic nitrogens is 1. The Bertz CT molecular complexity index is 531. The summed E-state index contributed by atoms with van der Waals surface area (Å²) in [6.45, 7) is 2.16. The number of rotatable bonds is 3. The zero-order chi connectivity index (χ0) is 12.3. The third-order valence-electron chi connectivity index (χ3n) is 2.39. The van der Waals surface area contributed by atoms with Gasteiger partial charge >= 0.3 is 0 Å². The number of halogens is 2. The van der Waals surface area contributed by atoms with Gasteiger partial charge in [-0.2, -0.15) is 0 Å². The van der Waals surface area contributed by atoms with Crippen LogP contribution in [0.1, 0.15) is 11.1 Å². The second-order valence-electron chi connectivity index (χ2n) is 3.67. The van der Waals surface area contributed by atoms with Crippen molar-refractivity contribution >= 4 is 11.6 Å². The highest BCUT2D eigenvalue weighted by Crippen LogP contribution is 2.21. The molecule has 0 aliphatic rings. The maximum absolute atomic E-state index is 13.0. The van der Waals surface area contributed by atoms with Gasteiger partial charge < -0.3 is 4.74 Å². The second kappa shape index (κ2) is 5.15. The van der Waals surface area contributed by atoms with Gasteiger partial charge in [-0.05, 0) is 24.6 Å². The summed E-state index contributed by atoms with van der Waals surface area (Å²) in [6, 6.07) is 6.22. The number of aryl methyl sites for hydroxylation is 1. The van der Waals surface area contributed by atoms with Gasteiger partial charge in [-0.25, -0.2) is 4.39 Å². The average Bonchev–Trinajstić information content (AvgIpc) is 2.32.